The second-order valence-electron chi connectivity index (χ2n) is 6.27. The summed E-state index contributed by atoms with van der Waals surface area (Å²) in [6, 6.07) is 9.18. The van der Waals surface area contributed by atoms with Gasteiger partial charge in [0.15, 0.2) is 0 Å². The van der Waals surface area contributed by atoms with Crippen molar-refractivity contribution in [3.63, 3.8) is 0 Å². The van der Waals surface area contributed by atoms with E-state index >= 15 is 0 Å². The number of aromatic nitrogens is 2. The number of likely N-dealkylation sites (tertiary alicyclic amines) is 1. The molecule has 1 aromatic heterocycles. The second-order valence-corrected chi connectivity index (χ2v) is 6.27. The molecule has 1 aromatic carbocycles. The lowest BCUT2D eigenvalue weighted by molar-refractivity contribution is -0.135. The van der Waals surface area contributed by atoms with Crippen LogP contribution in [0.25, 0.3) is 0 Å². The molecule has 2 aromatic rings. The summed E-state index contributed by atoms with van der Waals surface area (Å²) >= 11 is 0. The average molecular weight is 356 g/mol. The third kappa shape index (κ3) is 4.41. The first-order valence-electron chi connectivity index (χ1n) is 8.96. The van der Waals surface area contributed by atoms with E-state index in [0.717, 1.165) is 12.8 Å². The fourth-order valence-corrected chi connectivity index (χ4v) is 3.26. The Balaban J connectivity index is 1.57. The van der Waals surface area contributed by atoms with Crippen LogP contribution >= 0.6 is 0 Å². The Morgan fingerprint density at radius 3 is 2.92 bits per heavy atom. The maximum atomic E-state index is 12.6. The van der Waals surface area contributed by atoms with Gasteiger partial charge in [-0.3, -0.25) is 14.3 Å². The molecule has 138 valence electrons. The van der Waals surface area contributed by atoms with Crippen molar-refractivity contribution in [2.45, 2.75) is 38.8 Å². The van der Waals surface area contributed by atoms with Crippen molar-refractivity contribution < 1.29 is 14.3 Å². The summed E-state index contributed by atoms with van der Waals surface area (Å²) in [6.07, 6.45) is 5.33. The molecule has 1 aliphatic rings. The SMILES string of the molecule is CCOc1ccccc1NC(=O)CC(=O)N1CCC[C@H]1Cn1cccn1. The Bertz CT molecular complexity index is 745. The van der Waals surface area contributed by atoms with Crippen molar-refractivity contribution in [1.82, 2.24) is 14.7 Å². The molecule has 1 fully saturated rings. The number of para-hydroxylation sites is 2. The molecule has 26 heavy (non-hydrogen) atoms. The molecule has 1 atom stereocenters. The van der Waals surface area contributed by atoms with Gasteiger partial charge in [0.2, 0.25) is 11.8 Å². The third-order valence-electron chi connectivity index (χ3n) is 4.43. The maximum Gasteiger partial charge on any atom is 0.233 e. The minimum atomic E-state index is -0.327. The smallest absolute Gasteiger partial charge is 0.233 e. The lowest BCUT2D eigenvalue weighted by Crippen LogP contribution is -2.39. The first kappa shape index (κ1) is 18.0. The average Bonchev–Trinajstić information content (AvgIpc) is 3.29. The Morgan fingerprint density at radius 2 is 2.15 bits per heavy atom. The molecule has 0 spiro atoms. The summed E-state index contributed by atoms with van der Waals surface area (Å²) in [5, 5.41) is 6.98. The first-order valence-corrected chi connectivity index (χ1v) is 8.96. The number of nitrogens with one attached hydrogen (secondary N) is 1. The predicted molar refractivity (Wildman–Crippen MR) is 97.8 cm³/mol. The molecular formula is C19H24N4O3. The molecule has 0 bridgehead atoms. The summed E-state index contributed by atoms with van der Waals surface area (Å²) in [5.74, 6) is 0.131. The number of carbonyl (C=O) groups excluding carboxylic acids is 2. The highest BCUT2D eigenvalue weighted by Crippen LogP contribution is 2.24. The van der Waals surface area contributed by atoms with Crippen molar-refractivity contribution in [3.8, 4) is 5.75 Å². The van der Waals surface area contributed by atoms with Crippen LogP contribution in [0.2, 0.25) is 0 Å². The van der Waals surface area contributed by atoms with Crippen molar-refractivity contribution in [1.29, 1.82) is 0 Å². The van der Waals surface area contributed by atoms with Crippen LogP contribution < -0.4 is 10.1 Å². The van der Waals surface area contributed by atoms with Gasteiger partial charge in [-0.25, -0.2) is 0 Å². The van der Waals surface area contributed by atoms with Gasteiger partial charge in [0.1, 0.15) is 12.2 Å². The van der Waals surface area contributed by atoms with Crippen molar-refractivity contribution in [2.75, 3.05) is 18.5 Å². The maximum absolute atomic E-state index is 12.6. The minimum absolute atomic E-state index is 0.0888. The fraction of sp³-hybridized carbons (Fsp3) is 0.421. The summed E-state index contributed by atoms with van der Waals surface area (Å²) in [7, 11) is 0. The molecule has 1 N–H and O–H groups in total. The van der Waals surface area contributed by atoms with Crippen LogP contribution in [0.15, 0.2) is 42.7 Å². The van der Waals surface area contributed by atoms with Gasteiger partial charge in [-0.2, -0.15) is 5.10 Å². The zero-order valence-electron chi connectivity index (χ0n) is 14.9. The van der Waals surface area contributed by atoms with Crippen LogP contribution in [0.1, 0.15) is 26.2 Å². The number of rotatable bonds is 7. The molecule has 7 nitrogen and oxygen atoms in total. The fourth-order valence-electron chi connectivity index (χ4n) is 3.26. The first-order chi connectivity index (χ1) is 12.7. The number of anilines is 1. The van der Waals surface area contributed by atoms with Crippen molar-refractivity contribution in [2.24, 2.45) is 0 Å². The van der Waals surface area contributed by atoms with E-state index in [-0.39, 0.29) is 24.3 Å². The molecule has 3 rings (SSSR count). The molecule has 1 aliphatic heterocycles. The molecule has 0 unspecified atom stereocenters. The van der Waals surface area contributed by atoms with Crippen LogP contribution in [0.5, 0.6) is 5.75 Å². The van der Waals surface area contributed by atoms with E-state index in [1.165, 1.54) is 0 Å². The van der Waals surface area contributed by atoms with Crippen LogP contribution in [0.3, 0.4) is 0 Å². The minimum Gasteiger partial charge on any atom is -0.492 e. The second kappa shape index (κ2) is 8.51. The summed E-state index contributed by atoms with van der Waals surface area (Å²) in [6.45, 7) is 3.74. The number of benzene rings is 1. The van der Waals surface area contributed by atoms with Gasteiger partial charge in [0, 0.05) is 18.9 Å². The van der Waals surface area contributed by atoms with E-state index in [9.17, 15) is 9.59 Å². The Kier molecular flexibility index (Phi) is 5.88. The number of ether oxygens (including phenoxy) is 1. The lowest BCUT2D eigenvalue weighted by atomic mass is 10.2. The Morgan fingerprint density at radius 1 is 1.31 bits per heavy atom. The van der Waals surface area contributed by atoms with Crippen molar-refractivity contribution >= 4 is 17.5 Å². The molecule has 1 saturated heterocycles. The molecule has 0 saturated carbocycles. The largest absolute Gasteiger partial charge is 0.492 e. The normalized spacial score (nSPS) is 16.5. The topological polar surface area (TPSA) is 76.5 Å². The number of amides is 2. The van der Waals surface area contributed by atoms with Crippen molar-refractivity contribution in [3.05, 3.63) is 42.7 Å². The quantitative estimate of drug-likeness (QED) is 0.773. The number of hydrogen-bond acceptors (Lipinski definition) is 4. The number of carbonyl (C=O) groups is 2. The summed E-state index contributed by atoms with van der Waals surface area (Å²) in [5.41, 5.74) is 0.585. The third-order valence-corrected chi connectivity index (χ3v) is 4.43. The van der Waals surface area contributed by atoms with Gasteiger partial charge in [-0.1, -0.05) is 12.1 Å². The summed E-state index contributed by atoms with van der Waals surface area (Å²) < 4.78 is 7.33. The van der Waals surface area contributed by atoms with Crippen LogP contribution in [0, 0.1) is 0 Å². The molecule has 0 aliphatic carbocycles. The molecule has 2 amide bonds. The highest BCUT2D eigenvalue weighted by molar-refractivity contribution is 6.04. The highest BCUT2D eigenvalue weighted by Gasteiger charge is 2.30. The van der Waals surface area contributed by atoms with Gasteiger partial charge in [-0.05, 0) is 38.0 Å². The highest BCUT2D eigenvalue weighted by atomic mass is 16.5. The monoisotopic (exact) mass is 356 g/mol. The van der Waals surface area contributed by atoms with E-state index in [0.29, 0.717) is 31.1 Å². The van der Waals surface area contributed by atoms with Gasteiger partial charge in [-0.15, -0.1) is 0 Å². The van der Waals surface area contributed by atoms with Gasteiger partial charge >= 0.3 is 0 Å². The molecular weight excluding hydrogens is 332 g/mol. The number of nitrogens with zero attached hydrogens (tertiary/aromatic N) is 3. The Hall–Kier alpha value is -2.83. The molecule has 7 heteroatoms. The Labute approximate surface area is 152 Å². The van der Waals surface area contributed by atoms with Crippen LogP contribution in [-0.4, -0.2) is 45.7 Å². The van der Waals surface area contributed by atoms with E-state index in [1.54, 1.807) is 23.2 Å². The van der Waals surface area contributed by atoms with Crippen LogP contribution in [-0.2, 0) is 16.1 Å². The van der Waals surface area contributed by atoms with Crippen LogP contribution in [0.4, 0.5) is 5.69 Å². The van der Waals surface area contributed by atoms with Gasteiger partial charge < -0.3 is 15.0 Å². The lowest BCUT2D eigenvalue weighted by Gasteiger charge is -2.24. The van der Waals surface area contributed by atoms with Gasteiger partial charge in [0.25, 0.3) is 0 Å². The molecule has 0 radical (unpaired) electrons. The molecule has 2 heterocycles. The number of hydrogen-bond donors (Lipinski definition) is 1. The van der Waals surface area contributed by atoms with Gasteiger partial charge in [0.05, 0.1) is 24.9 Å². The van der Waals surface area contributed by atoms with E-state index in [4.69, 9.17) is 4.74 Å². The van der Waals surface area contributed by atoms with E-state index in [1.807, 2.05) is 36.0 Å². The van der Waals surface area contributed by atoms with E-state index < -0.39 is 0 Å². The summed E-state index contributed by atoms with van der Waals surface area (Å²) in [4.78, 5) is 26.7. The zero-order valence-corrected chi connectivity index (χ0v) is 14.9. The standard InChI is InChI=1S/C19H24N4O3/c1-2-26-17-9-4-3-8-16(17)21-18(24)13-19(25)23-12-5-7-15(23)14-22-11-6-10-20-22/h3-4,6,8-11,15H,2,5,7,12-14H2,1H3,(H,21,24)/t15-/m0/s1. The van der Waals surface area contributed by atoms with E-state index in [2.05, 4.69) is 10.4 Å². The zero-order chi connectivity index (χ0) is 18.4. The predicted octanol–water partition coefficient (Wildman–Crippen LogP) is 2.30.